The number of hydrogen-bond acceptors (Lipinski definition) is 4. The monoisotopic (exact) mass is 359 g/mol. The van der Waals surface area contributed by atoms with Crippen molar-refractivity contribution >= 4 is 17.5 Å². The number of benzene rings is 1. The van der Waals surface area contributed by atoms with Crippen LogP contribution in [0.3, 0.4) is 0 Å². The van der Waals surface area contributed by atoms with E-state index >= 15 is 0 Å². The van der Waals surface area contributed by atoms with Gasteiger partial charge in [0.1, 0.15) is 5.75 Å². The molecule has 0 aliphatic carbocycles. The van der Waals surface area contributed by atoms with Gasteiger partial charge in [-0.2, -0.15) is 0 Å². The molecule has 0 aromatic heterocycles. The van der Waals surface area contributed by atoms with Gasteiger partial charge in [0.05, 0.1) is 5.69 Å². The van der Waals surface area contributed by atoms with E-state index in [1.54, 1.807) is 4.90 Å². The number of hydrogen-bond donors (Lipinski definition) is 1. The number of nitrogens with zero attached hydrogens (tertiary/aromatic N) is 2. The number of para-hydroxylation sites is 2. The van der Waals surface area contributed by atoms with Crippen LogP contribution in [0, 0.1) is 0 Å². The largest absolute Gasteiger partial charge is 0.482 e. The second kappa shape index (κ2) is 8.08. The number of amides is 2. The van der Waals surface area contributed by atoms with Crippen LogP contribution in [-0.2, 0) is 9.59 Å². The van der Waals surface area contributed by atoms with Crippen LogP contribution in [0.15, 0.2) is 24.3 Å². The van der Waals surface area contributed by atoms with Crippen molar-refractivity contribution in [2.45, 2.75) is 45.1 Å². The summed E-state index contributed by atoms with van der Waals surface area (Å²) in [6.07, 6.45) is 4.05. The van der Waals surface area contributed by atoms with Crippen LogP contribution >= 0.6 is 0 Å². The topological polar surface area (TPSA) is 61.9 Å². The molecule has 0 bridgehead atoms. The lowest BCUT2D eigenvalue weighted by molar-refractivity contribution is -0.122. The van der Waals surface area contributed by atoms with Gasteiger partial charge in [0, 0.05) is 25.0 Å². The van der Waals surface area contributed by atoms with Crippen molar-refractivity contribution in [3.05, 3.63) is 24.3 Å². The third-order valence-corrected chi connectivity index (χ3v) is 5.30. The number of ether oxygens (including phenoxy) is 1. The van der Waals surface area contributed by atoms with Crippen molar-refractivity contribution in [2.24, 2.45) is 0 Å². The van der Waals surface area contributed by atoms with E-state index in [9.17, 15) is 9.59 Å². The number of carbonyl (C=O) groups excluding carboxylic acids is 2. The van der Waals surface area contributed by atoms with Crippen molar-refractivity contribution in [2.75, 3.05) is 37.7 Å². The average Bonchev–Trinajstić information content (AvgIpc) is 2.66. The van der Waals surface area contributed by atoms with E-state index < -0.39 is 0 Å². The van der Waals surface area contributed by atoms with Crippen LogP contribution in [-0.4, -0.2) is 55.0 Å². The van der Waals surface area contributed by atoms with E-state index in [1.165, 1.54) is 19.3 Å². The Bertz CT molecular complexity index is 653. The number of piperidine rings is 1. The summed E-state index contributed by atoms with van der Waals surface area (Å²) in [4.78, 5) is 28.6. The van der Waals surface area contributed by atoms with Crippen molar-refractivity contribution in [1.82, 2.24) is 10.2 Å². The van der Waals surface area contributed by atoms with Gasteiger partial charge < -0.3 is 15.0 Å². The zero-order valence-corrected chi connectivity index (χ0v) is 15.8. The first-order valence-corrected chi connectivity index (χ1v) is 9.51. The molecule has 3 rings (SSSR count). The quantitative estimate of drug-likeness (QED) is 0.846. The van der Waals surface area contributed by atoms with Gasteiger partial charge >= 0.3 is 0 Å². The fraction of sp³-hybridized carbons (Fsp3) is 0.600. The standard InChI is InChI=1S/C20H29N3O3/c1-20(2,22-11-6-3-7-12-22)15-21-18(24)10-13-23-16-8-4-5-9-17(16)26-14-19(23)25/h4-5,8-9H,3,6-7,10-15H2,1-2H3,(H,21,24). The van der Waals surface area contributed by atoms with Gasteiger partial charge in [-0.25, -0.2) is 0 Å². The molecule has 0 saturated carbocycles. The number of fused-ring (bicyclic) bond motifs is 1. The second-order valence-electron chi connectivity index (χ2n) is 7.69. The number of nitrogens with one attached hydrogen (secondary N) is 1. The molecular formula is C20H29N3O3. The predicted octanol–water partition coefficient (Wildman–Crippen LogP) is 2.18. The molecule has 142 valence electrons. The highest BCUT2D eigenvalue weighted by Gasteiger charge is 2.29. The maximum Gasteiger partial charge on any atom is 0.265 e. The number of anilines is 1. The first-order valence-electron chi connectivity index (χ1n) is 9.51. The smallest absolute Gasteiger partial charge is 0.265 e. The first-order chi connectivity index (χ1) is 12.5. The fourth-order valence-electron chi connectivity index (χ4n) is 3.63. The molecule has 2 amide bonds. The summed E-state index contributed by atoms with van der Waals surface area (Å²) in [5, 5.41) is 3.05. The SMILES string of the molecule is CC(C)(CNC(=O)CCN1C(=O)COc2ccccc21)N1CCCCC1. The molecule has 1 fully saturated rings. The fourth-order valence-corrected chi connectivity index (χ4v) is 3.63. The summed E-state index contributed by atoms with van der Waals surface area (Å²) in [5.74, 6) is 0.566. The maximum atomic E-state index is 12.3. The summed E-state index contributed by atoms with van der Waals surface area (Å²) < 4.78 is 5.43. The molecule has 2 aliphatic heterocycles. The minimum Gasteiger partial charge on any atom is -0.482 e. The lowest BCUT2D eigenvalue weighted by atomic mass is 9.98. The molecule has 1 N–H and O–H groups in total. The van der Waals surface area contributed by atoms with Crippen LogP contribution in [0.2, 0.25) is 0 Å². The van der Waals surface area contributed by atoms with Gasteiger partial charge in [-0.15, -0.1) is 0 Å². The molecule has 0 unspecified atom stereocenters. The van der Waals surface area contributed by atoms with Crippen LogP contribution in [0.4, 0.5) is 5.69 Å². The number of carbonyl (C=O) groups is 2. The zero-order chi connectivity index (χ0) is 18.6. The Morgan fingerprint density at radius 2 is 1.92 bits per heavy atom. The van der Waals surface area contributed by atoms with Crippen LogP contribution < -0.4 is 15.0 Å². The lowest BCUT2D eigenvalue weighted by Gasteiger charge is -2.41. The van der Waals surface area contributed by atoms with Gasteiger partial charge in [-0.3, -0.25) is 14.5 Å². The van der Waals surface area contributed by atoms with Gasteiger partial charge in [-0.1, -0.05) is 18.6 Å². The van der Waals surface area contributed by atoms with E-state index in [0.717, 1.165) is 18.8 Å². The lowest BCUT2D eigenvalue weighted by Crippen LogP contribution is -2.53. The highest BCUT2D eigenvalue weighted by molar-refractivity contribution is 5.98. The first kappa shape index (κ1) is 18.7. The summed E-state index contributed by atoms with van der Waals surface area (Å²) in [6, 6.07) is 7.44. The van der Waals surface area contributed by atoms with Gasteiger partial charge in [0.15, 0.2) is 6.61 Å². The molecule has 0 atom stereocenters. The van der Waals surface area contributed by atoms with Crippen LogP contribution in [0.25, 0.3) is 0 Å². The number of likely N-dealkylation sites (tertiary alicyclic amines) is 1. The summed E-state index contributed by atoms with van der Waals surface area (Å²) in [7, 11) is 0. The van der Waals surface area contributed by atoms with Crippen molar-refractivity contribution in [1.29, 1.82) is 0 Å². The van der Waals surface area contributed by atoms with E-state index in [4.69, 9.17) is 4.74 Å². The van der Waals surface area contributed by atoms with Crippen molar-refractivity contribution < 1.29 is 14.3 Å². The van der Waals surface area contributed by atoms with E-state index in [-0.39, 0.29) is 30.4 Å². The van der Waals surface area contributed by atoms with E-state index in [0.29, 0.717) is 18.8 Å². The Balaban J connectivity index is 1.50. The Labute approximate surface area is 155 Å². The predicted molar refractivity (Wildman–Crippen MR) is 101 cm³/mol. The van der Waals surface area contributed by atoms with E-state index in [2.05, 4.69) is 24.1 Å². The zero-order valence-electron chi connectivity index (χ0n) is 15.8. The van der Waals surface area contributed by atoms with Gasteiger partial charge in [0.2, 0.25) is 5.91 Å². The molecule has 1 aromatic carbocycles. The Morgan fingerprint density at radius 1 is 1.19 bits per heavy atom. The highest BCUT2D eigenvalue weighted by Crippen LogP contribution is 2.31. The molecule has 6 heteroatoms. The summed E-state index contributed by atoms with van der Waals surface area (Å²) in [5.41, 5.74) is 0.697. The Hall–Kier alpha value is -2.08. The molecule has 0 radical (unpaired) electrons. The average molecular weight is 359 g/mol. The molecule has 0 spiro atoms. The van der Waals surface area contributed by atoms with Gasteiger partial charge in [0.25, 0.3) is 5.91 Å². The second-order valence-corrected chi connectivity index (χ2v) is 7.69. The molecule has 2 aliphatic rings. The number of rotatable bonds is 6. The third kappa shape index (κ3) is 4.36. The van der Waals surface area contributed by atoms with E-state index in [1.807, 2.05) is 24.3 Å². The minimum atomic E-state index is -0.106. The van der Waals surface area contributed by atoms with Crippen LogP contribution in [0.5, 0.6) is 5.75 Å². The summed E-state index contributed by atoms with van der Waals surface area (Å²) >= 11 is 0. The maximum absolute atomic E-state index is 12.3. The van der Waals surface area contributed by atoms with Crippen LogP contribution in [0.1, 0.15) is 39.5 Å². The third-order valence-electron chi connectivity index (χ3n) is 5.30. The minimum absolute atomic E-state index is 0.0214. The Morgan fingerprint density at radius 3 is 2.69 bits per heavy atom. The highest BCUT2D eigenvalue weighted by atomic mass is 16.5. The molecule has 2 heterocycles. The van der Waals surface area contributed by atoms with Crippen molar-refractivity contribution in [3.8, 4) is 5.75 Å². The normalized spacial score (nSPS) is 18.2. The molecule has 6 nitrogen and oxygen atoms in total. The van der Waals surface area contributed by atoms with Crippen molar-refractivity contribution in [3.63, 3.8) is 0 Å². The Kier molecular flexibility index (Phi) is 5.81. The molecular weight excluding hydrogens is 330 g/mol. The molecule has 1 aromatic rings. The van der Waals surface area contributed by atoms with Gasteiger partial charge in [-0.05, 0) is 51.9 Å². The molecule has 1 saturated heterocycles. The summed E-state index contributed by atoms with van der Waals surface area (Å²) in [6.45, 7) is 7.58. The molecule has 26 heavy (non-hydrogen) atoms.